The van der Waals surface area contributed by atoms with Crippen LogP contribution < -0.4 is 21.3 Å². The number of alkyl halides is 3. The number of nitrogens with one attached hydrogen (secondary N) is 1. The molecule has 0 atom stereocenters. The first-order chi connectivity index (χ1) is 26.2. The lowest BCUT2D eigenvalue weighted by Gasteiger charge is -2.33. The van der Waals surface area contributed by atoms with Gasteiger partial charge in [0.05, 0.1) is 40.1 Å². The summed E-state index contributed by atoms with van der Waals surface area (Å²) < 4.78 is 48.4. The summed E-state index contributed by atoms with van der Waals surface area (Å²) in [5, 5.41) is 7.20. The molecule has 0 unspecified atom stereocenters. The Morgan fingerprint density at radius 2 is 1.73 bits per heavy atom. The van der Waals surface area contributed by atoms with Crippen molar-refractivity contribution in [3.8, 4) is 28.3 Å². The minimum Gasteiger partial charge on any atom is -0.481 e. The van der Waals surface area contributed by atoms with Crippen LogP contribution in [-0.2, 0) is 31.0 Å². The molecule has 1 aliphatic heterocycles. The highest BCUT2D eigenvalue weighted by atomic mass is 35.5. The standard InChI is InChI=1S/C40H38Cl2F3N7O3/c1-51-36(53)31-22(19-47-51)18-30(40(43,44)45)50-34(31)48-28-8-4-6-26(33(28)42)25-5-3-7-27(32(25)41)29-17-23-20-52(15-9-24(23)35(49-29)55-2)16-14-38-10-12-39(21-38,13-11-38)37(46)54/h3-8,17-19H,9-16,20-21H2,1-2H3,(H2,46,54)(H,48,50). The van der Waals surface area contributed by atoms with Gasteiger partial charge >= 0.3 is 6.18 Å². The monoisotopic (exact) mass is 791 g/mol. The first-order valence-electron chi connectivity index (χ1n) is 18.1. The Labute approximate surface area is 324 Å². The minimum absolute atomic E-state index is 0.0225. The van der Waals surface area contributed by atoms with Crippen molar-refractivity contribution in [1.82, 2.24) is 24.6 Å². The van der Waals surface area contributed by atoms with E-state index in [1.54, 1.807) is 31.4 Å². The second kappa shape index (κ2) is 13.8. The largest absolute Gasteiger partial charge is 0.481 e. The Kier molecular flexibility index (Phi) is 9.33. The van der Waals surface area contributed by atoms with Crippen molar-refractivity contribution >= 4 is 51.4 Å². The summed E-state index contributed by atoms with van der Waals surface area (Å²) in [6.07, 6.45) is 3.02. The number of anilines is 2. The van der Waals surface area contributed by atoms with Crippen LogP contribution in [0.3, 0.4) is 0 Å². The number of hydrogen-bond acceptors (Lipinski definition) is 8. The fraction of sp³-hybridized carbons (Fsp3) is 0.375. The van der Waals surface area contributed by atoms with Gasteiger partial charge in [-0.1, -0.05) is 53.5 Å². The molecule has 3 N–H and O–H groups in total. The number of methoxy groups -OCH3 is 1. The van der Waals surface area contributed by atoms with Crippen LogP contribution in [0.15, 0.2) is 59.5 Å². The maximum atomic E-state index is 13.9. The summed E-state index contributed by atoms with van der Waals surface area (Å²) in [4.78, 5) is 36.4. The van der Waals surface area contributed by atoms with E-state index in [0.29, 0.717) is 39.8 Å². The number of rotatable bonds is 9. The quantitative estimate of drug-likeness (QED) is 0.153. The van der Waals surface area contributed by atoms with Crippen LogP contribution in [0.2, 0.25) is 10.0 Å². The number of fused-ring (bicyclic) bond motifs is 4. The Bertz CT molecular complexity index is 2430. The Morgan fingerprint density at radius 3 is 2.42 bits per heavy atom. The summed E-state index contributed by atoms with van der Waals surface area (Å²) in [6, 6.07) is 13.4. The SMILES string of the molecule is COc1nc(-c2cccc(-c3cccc(Nc4nc(C(F)(F)F)cc5cnn(C)c(=O)c45)c3Cl)c2Cl)cc2c1CCN(CCC13CCC(C(N)=O)(CC1)C3)C2. The highest BCUT2D eigenvalue weighted by molar-refractivity contribution is 6.39. The second-order valence-corrected chi connectivity index (χ2v) is 15.9. The number of carbonyl (C=O) groups is 1. The van der Waals surface area contributed by atoms with Crippen molar-refractivity contribution < 1.29 is 22.7 Å². The average molecular weight is 793 g/mol. The lowest BCUT2D eigenvalue weighted by Crippen LogP contribution is -2.34. The zero-order valence-electron chi connectivity index (χ0n) is 30.2. The molecule has 3 aromatic heterocycles. The van der Waals surface area contributed by atoms with Crippen molar-refractivity contribution in [3.63, 3.8) is 0 Å². The maximum Gasteiger partial charge on any atom is 0.433 e. The lowest BCUT2D eigenvalue weighted by molar-refractivity contribution is -0.141. The van der Waals surface area contributed by atoms with E-state index in [1.807, 2.05) is 12.1 Å². The lowest BCUT2D eigenvalue weighted by atomic mass is 9.80. The van der Waals surface area contributed by atoms with Gasteiger partial charge in [0.1, 0.15) is 11.5 Å². The van der Waals surface area contributed by atoms with Gasteiger partial charge in [-0.05, 0) is 80.7 Å². The topological polar surface area (TPSA) is 128 Å². The number of pyridine rings is 2. The van der Waals surface area contributed by atoms with E-state index in [9.17, 15) is 22.8 Å². The molecule has 0 saturated heterocycles. The van der Waals surface area contributed by atoms with Crippen LogP contribution in [0, 0.1) is 10.8 Å². The molecule has 5 aromatic rings. The van der Waals surface area contributed by atoms with Crippen LogP contribution in [-0.4, -0.2) is 50.8 Å². The van der Waals surface area contributed by atoms with E-state index in [4.69, 9.17) is 38.7 Å². The summed E-state index contributed by atoms with van der Waals surface area (Å²) in [7, 11) is 3.01. The molecule has 2 saturated carbocycles. The fourth-order valence-electron chi connectivity index (χ4n) is 8.88. The molecule has 15 heteroatoms. The molecule has 286 valence electrons. The van der Waals surface area contributed by atoms with Gasteiger partial charge in [-0.2, -0.15) is 18.3 Å². The van der Waals surface area contributed by atoms with Gasteiger partial charge in [0, 0.05) is 53.2 Å². The molecule has 2 aliphatic carbocycles. The Hall–Kier alpha value is -4.72. The van der Waals surface area contributed by atoms with E-state index in [2.05, 4.69) is 26.4 Å². The molecule has 2 fully saturated rings. The number of halogens is 5. The van der Waals surface area contributed by atoms with E-state index in [-0.39, 0.29) is 44.0 Å². The third-order valence-corrected chi connectivity index (χ3v) is 12.8. The summed E-state index contributed by atoms with van der Waals surface area (Å²) in [6.45, 7) is 2.51. The molecular weight excluding hydrogens is 754 g/mol. The van der Waals surface area contributed by atoms with E-state index < -0.39 is 17.4 Å². The summed E-state index contributed by atoms with van der Waals surface area (Å²) >= 11 is 14.1. The first kappa shape index (κ1) is 37.2. The van der Waals surface area contributed by atoms with Crippen LogP contribution in [0.4, 0.5) is 24.7 Å². The molecule has 3 aliphatic rings. The van der Waals surface area contributed by atoms with Gasteiger partial charge in [0.15, 0.2) is 0 Å². The third kappa shape index (κ3) is 6.59. The zero-order valence-corrected chi connectivity index (χ0v) is 31.7. The van der Waals surface area contributed by atoms with Gasteiger partial charge in [0.2, 0.25) is 11.8 Å². The highest BCUT2D eigenvalue weighted by Gasteiger charge is 2.56. The van der Waals surface area contributed by atoms with Gasteiger partial charge < -0.3 is 15.8 Å². The number of carbonyl (C=O) groups excluding carboxylic acids is 1. The number of amides is 1. The predicted molar refractivity (Wildman–Crippen MR) is 205 cm³/mol. The molecule has 4 heterocycles. The van der Waals surface area contributed by atoms with Crippen molar-refractivity contribution in [3.05, 3.63) is 91.9 Å². The Balaban J connectivity index is 1.09. The number of nitrogens with zero attached hydrogens (tertiary/aromatic N) is 5. The minimum atomic E-state index is -4.77. The first-order valence-corrected chi connectivity index (χ1v) is 18.8. The molecule has 10 nitrogen and oxygen atoms in total. The van der Waals surface area contributed by atoms with Crippen LogP contribution in [0.5, 0.6) is 5.88 Å². The molecule has 8 rings (SSSR count). The van der Waals surface area contributed by atoms with E-state index in [0.717, 1.165) is 79.9 Å². The average Bonchev–Trinajstić information content (AvgIpc) is 3.74. The summed E-state index contributed by atoms with van der Waals surface area (Å²) in [5.74, 6) is 0.0834. The van der Waals surface area contributed by atoms with E-state index >= 15 is 0 Å². The number of hydrogen-bond donors (Lipinski definition) is 2. The molecule has 2 aromatic carbocycles. The van der Waals surface area contributed by atoms with Gasteiger partial charge in [-0.3, -0.25) is 14.5 Å². The third-order valence-electron chi connectivity index (χ3n) is 11.9. The number of primary amides is 1. The smallest absolute Gasteiger partial charge is 0.433 e. The van der Waals surface area contributed by atoms with Gasteiger partial charge in [-0.25, -0.2) is 14.6 Å². The van der Waals surface area contributed by atoms with Crippen molar-refractivity contribution in [2.24, 2.45) is 23.6 Å². The van der Waals surface area contributed by atoms with Gasteiger partial charge in [0.25, 0.3) is 5.56 Å². The van der Waals surface area contributed by atoms with Gasteiger partial charge in [-0.15, -0.1) is 0 Å². The zero-order chi connectivity index (χ0) is 38.9. The maximum absolute atomic E-state index is 13.9. The number of benzene rings is 2. The predicted octanol–water partition coefficient (Wildman–Crippen LogP) is 8.32. The Morgan fingerprint density at radius 1 is 1.02 bits per heavy atom. The fourth-order valence-corrected chi connectivity index (χ4v) is 9.48. The van der Waals surface area contributed by atoms with Crippen molar-refractivity contribution in [1.29, 1.82) is 0 Å². The highest BCUT2D eigenvalue weighted by Crippen LogP contribution is 2.63. The van der Waals surface area contributed by atoms with Crippen LogP contribution in [0.1, 0.15) is 55.3 Å². The molecule has 55 heavy (non-hydrogen) atoms. The molecule has 2 bridgehead atoms. The summed E-state index contributed by atoms with van der Waals surface area (Å²) in [5.41, 5.74) is 8.58. The van der Waals surface area contributed by atoms with Crippen LogP contribution >= 0.6 is 23.2 Å². The number of aromatic nitrogens is 4. The number of ether oxygens (including phenoxy) is 1. The normalized spacial score (nSPS) is 20.9. The number of aryl methyl sites for hydroxylation is 1. The molecule has 1 amide bonds. The second-order valence-electron chi connectivity index (χ2n) is 15.1. The molecule has 0 spiro atoms. The van der Waals surface area contributed by atoms with Crippen molar-refractivity contribution in [2.75, 3.05) is 25.5 Å². The van der Waals surface area contributed by atoms with E-state index in [1.165, 1.54) is 13.2 Å². The van der Waals surface area contributed by atoms with Crippen molar-refractivity contribution in [2.45, 2.75) is 57.7 Å². The molecule has 0 radical (unpaired) electrons. The van der Waals surface area contributed by atoms with Crippen LogP contribution in [0.25, 0.3) is 33.2 Å². The number of nitrogens with two attached hydrogens (primary N) is 1. The molecular formula is C40H38Cl2F3N7O3.